The third-order valence-electron chi connectivity index (χ3n) is 3.62. The number of fused-ring (bicyclic) bond motifs is 1. The van der Waals surface area contributed by atoms with E-state index in [1.54, 1.807) is 6.33 Å². The number of rotatable bonds is 4. The molecule has 7 heteroatoms. The molecule has 0 unspecified atom stereocenters. The number of halogens is 1. The fourth-order valence-corrected chi connectivity index (χ4v) is 2.95. The Morgan fingerprint density at radius 1 is 1.37 bits per heavy atom. The number of nitrogens with one attached hydrogen (secondary N) is 1. The molecule has 19 heavy (non-hydrogen) atoms. The highest BCUT2D eigenvalue weighted by atomic mass is 35.5. The highest BCUT2D eigenvalue weighted by molar-refractivity contribution is 6.28. The van der Waals surface area contributed by atoms with E-state index in [4.69, 9.17) is 11.6 Å². The molecular formula is C12H16ClN5O. The minimum atomic E-state index is 0.0910. The van der Waals surface area contributed by atoms with Crippen LogP contribution in [0.3, 0.4) is 0 Å². The topological polar surface area (TPSA) is 77.9 Å². The summed E-state index contributed by atoms with van der Waals surface area (Å²) in [6.07, 6.45) is 6.27. The van der Waals surface area contributed by atoms with Crippen molar-refractivity contribution < 1.29 is 5.11 Å². The molecule has 3 rings (SSSR count). The Kier molecular flexibility index (Phi) is 3.52. The van der Waals surface area contributed by atoms with E-state index in [0.717, 1.165) is 24.2 Å². The molecule has 1 fully saturated rings. The number of imidazole rings is 1. The van der Waals surface area contributed by atoms with Crippen molar-refractivity contribution in [1.29, 1.82) is 0 Å². The average Bonchev–Trinajstić information content (AvgIpc) is 3.05. The minimum Gasteiger partial charge on any atom is -0.395 e. The maximum Gasteiger partial charge on any atom is 0.226 e. The smallest absolute Gasteiger partial charge is 0.226 e. The lowest BCUT2D eigenvalue weighted by molar-refractivity contribution is 0.297. The lowest BCUT2D eigenvalue weighted by Crippen LogP contribution is -2.36. The minimum absolute atomic E-state index is 0.0910. The number of aromatic nitrogens is 4. The maximum atomic E-state index is 9.31. The first-order valence-electron chi connectivity index (χ1n) is 6.53. The van der Waals surface area contributed by atoms with Crippen molar-refractivity contribution >= 4 is 28.6 Å². The second kappa shape index (κ2) is 5.30. The molecule has 0 radical (unpaired) electrons. The number of anilines is 1. The normalized spacial score (nSPS) is 16.3. The summed E-state index contributed by atoms with van der Waals surface area (Å²) in [5.74, 6) is 0.744. The summed E-state index contributed by atoms with van der Waals surface area (Å²) in [5, 5.41) is 9.50. The zero-order valence-electron chi connectivity index (χ0n) is 10.5. The van der Waals surface area contributed by atoms with Gasteiger partial charge in [-0.1, -0.05) is 12.8 Å². The van der Waals surface area contributed by atoms with Gasteiger partial charge in [0.15, 0.2) is 11.5 Å². The second-order valence-electron chi connectivity index (χ2n) is 4.77. The van der Waals surface area contributed by atoms with Crippen LogP contribution in [0.5, 0.6) is 0 Å². The quantitative estimate of drug-likeness (QED) is 0.835. The fraction of sp³-hybridized carbons (Fsp3) is 0.583. The number of aliphatic hydroxyl groups is 1. The lowest BCUT2D eigenvalue weighted by atomic mass is 10.2. The predicted octanol–water partition coefficient (Wildman–Crippen LogP) is 1.75. The van der Waals surface area contributed by atoms with Crippen molar-refractivity contribution in [1.82, 2.24) is 19.9 Å². The summed E-state index contributed by atoms with van der Waals surface area (Å²) in [6.45, 7) is 0.639. The van der Waals surface area contributed by atoms with Crippen LogP contribution in [0, 0.1) is 0 Å². The Bertz CT molecular complexity index is 566. The summed E-state index contributed by atoms with van der Waals surface area (Å²) in [5.41, 5.74) is 1.35. The third kappa shape index (κ3) is 2.37. The molecule has 2 N–H and O–H groups in total. The zero-order chi connectivity index (χ0) is 13.2. The van der Waals surface area contributed by atoms with Crippen molar-refractivity contribution in [3.63, 3.8) is 0 Å². The van der Waals surface area contributed by atoms with Crippen LogP contribution in [0.25, 0.3) is 11.2 Å². The monoisotopic (exact) mass is 281 g/mol. The Morgan fingerprint density at radius 2 is 2.16 bits per heavy atom. The predicted molar refractivity (Wildman–Crippen MR) is 73.4 cm³/mol. The first-order chi connectivity index (χ1) is 9.29. The lowest BCUT2D eigenvalue weighted by Gasteiger charge is -2.29. The molecule has 102 valence electrons. The van der Waals surface area contributed by atoms with Gasteiger partial charge in [-0.05, 0) is 24.4 Å². The number of hydrogen-bond acceptors (Lipinski definition) is 5. The molecule has 1 aliphatic carbocycles. The number of aliphatic hydroxyl groups excluding tert-OH is 1. The fourth-order valence-electron chi connectivity index (χ4n) is 2.78. The van der Waals surface area contributed by atoms with E-state index in [9.17, 15) is 5.11 Å². The molecule has 1 aliphatic rings. The first-order valence-corrected chi connectivity index (χ1v) is 6.91. The molecule has 0 saturated heterocycles. The van der Waals surface area contributed by atoms with Gasteiger partial charge in [0.25, 0.3) is 0 Å². The number of aromatic amines is 1. The number of H-pyrrole nitrogens is 1. The van der Waals surface area contributed by atoms with Crippen molar-refractivity contribution in [3.8, 4) is 0 Å². The van der Waals surface area contributed by atoms with Gasteiger partial charge in [-0.25, -0.2) is 4.98 Å². The Hall–Kier alpha value is -1.40. The molecule has 0 aliphatic heterocycles. The molecule has 0 atom stereocenters. The maximum absolute atomic E-state index is 9.31. The summed E-state index contributed by atoms with van der Waals surface area (Å²) in [4.78, 5) is 17.7. The largest absolute Gasteiger partial charge is 0.395 e. The van der Waals surface area contributed by atoms with Gasteiger partial charge in [-0.2, -0.15) is 9.97 Å². The van der Waals surface area contributed by atoms with Crippen LogP contribution in [0.1, 0.15) is 25.7 Å². The van der Waals surface area contributed by atoms with Crippen molar-refractivity contribution in [2.75, 3.05) is 18.1 Å². The summed E-state index contributed by atoms with van der Waals surface area (Å²) >= 11 is 5.97. The molecule has 1 saturated carbocycles. The Balaban J connectivity index is 2.05. The standard InChI is InChI=1S/C12H16ClN5O/c13-12-16-10-9(14-7-15-10)11(17-12)18(5-6-19)8-3-1-2-4-8/h7-8,19H,1-6H2,(H,14,15,16,17). The zero-order valence-corrected chi connectivity index (χ0v) is 11.3. The van der Waals surface area contributed by atoms with Gasteiger partial charge in [0.1, 0.15) is 5.52 Å². The highest BCUT2D eigenvalue weighted by Crippen LogP contribution is 2.30. The van der Waals surface area contributed by atoms with Crippen LogP contribution >= 0.6 is 11.6 Å². The van der Waals surface area contributed by atoms with Crippen molar-refractivity contribution in [3.05, 3.63) is 11.6 Å². The first kappa shape index (κ1) is 12.6. The molecule has 2 aromatic rings. The second-order valence-corrected chi connectivity index (χ2v) is 5.11. The SMILES string of the molecule is OCCN(c1nc(Cl)nc2nc[nH]c12)C1CCCC1. The Morgan fingerprint density at radius 3 is 2.89 bits per heavy atom. The summed E-state index contributed by atoms with van der Waals surface area (Å²) in [7, 11) is 0. The van der Waals surface area contributed by atoms with E-state index in [1.807, 2.05) is 0 Å². The van der Waals surface area contributed by atoms with Gasteiger partial charge in [-0.3, -0.25) is 0 Å². The third-order valence-corrected chi connectivity index (χ3v) is 3.79. The molecule has 0 amide bonds. The average molecular weight is 282 g/mol. The highest BCUT2D eigenvalue weighted by Gasteiger charge is 2.26. The van der Waals surface area contributed by atoms with Gasteiger partial charge in [0, 0.05) is 12.6 Å². The molecule has 0 bridgehead atoms. The van der Waals surface area contributed by atoms with E-state index in [2.05, 4.69) is 24.8 Å². The van der Waals surface area contributed by atoms with Crippen LogP contribution in [0.15, 0.2) is 6.33 Å². The van der Waals surface area contributed by atoms with Gasteiger partial charge in [0.2, 0.25) is 5.28 Å². The van der Waals surface area contributed by atoms with Crippen molar-refractivity contribution in [2.45, 2.75) is 31.7 Å². The van der Waals surface area contributed by atoms with Crippen LogP contribution in [-0.2, 0) is 0 Å². The van der Waals surface area contributed by atoms with Crippen LogP contribution in [0.4, 0.5) is 5.82 Å². The van der Waals surface area contributed by atoms with E-state index >= 15 is 0 Å². The Labute approximate surface area is 115 Å². The molecule has 2 aromatic heterocycles. The molecule has 0 spiro atoms. The number of hydrogen-bond donors (Lipinski definition) is 2. The summed E-state index contributed by atoms with van der Waals surface area (Å²) < 4.78 is 0. The molecular weight excluding hydrogens is 266 g/mol. The van der Waals surface area contributed by atoms with Crippen LogP contribution in [0.2, 0.25) is 5.28 Å². The van der Waals surface area contributed by atoms with Gasteiger partial charge < -0.3 is 15.0 Å². The van der Waals surface area contributed by atoms with Gasteiger partial charge in [-0.15, -0.1) is 0 Å². The molecule has 2 heterocycles. The molecule has 6 nitrogen and oxygen atoms in total. The van der Waals surface area contributed by atoms with E-state index in [-0.39, 0.29) is 11.9 Å². The van der Waals surface area contributed by atoms with Crippen LogP contribution in [-0.4, -0.2) is 44.2 Å². The summed E-state index contributed by atoms with van der Waals surface area (Å²) in [6, 6.07) is 0.407. The molecule has 0 aromatic carbocycles. The van der Waals surface area contributed by atoms with Gasteiger partial charge >= 0.3 is 0 Å². The van der Waals surface area contributed by atoms with E-state index < -0.39 is 0 Å². The van der Waals surface area contributed by atoms with E-state index in [1.165, 1.54) is 12.8 Å². The van der Waals surface area contributed by atoms with Crippen LogP contribution < -0.4 is 4.90 Å². The van der Waals surface area contributed by atoms with Gasteiger partial charge in [0.05, 0.1) is 12.9 Å². The van der Waals surface area contributed by atoms with E-state index in [0.29, 0.717) is 18.2 Å². The van der Waals surface area contributed by atoms with Crippen molar-refractivity contribution in [2.24, 2.45) is 0 Å². The number of nitrogens with zero attached hydrogens (tertiary/aromatic N) is 4.